The molecule has 0 atom stereocenters. The van der Waals surface area contributed by atoms with Gasteiger partial charge in [0.05, 0.1) is 24.6 Å². The minimum Gasteiger partial charge on any atom is -0.870 e. The van der Waals surface area contributed by atoms with Gasteiger partial charge >= 0.3 is 5.97 Å². The standard InChI is InChI=1S/C15H14N2O4/c1-21-13-7-3-5-11(14(13)18)9-16-17-12-6-2-4-10(8-12)15(19)20/h2-9,17-18H,1H3,(H,19,20)/p-1/b16-9+. The lowest BCUT2D eigenvalue weighted by Gasteiger charge is -2.14. The molecule has 0 bridgehead atoms. The normalized spacial score (nSPS) is 10.5. The van der Waals surface area contributed by atoms with Gasteiger partial charge in [-0.1, -0.05) is 23.9 Å². The van der Waals surface area contributed by atoms with Gasteiger partial charge in [-0.3, -0.25) is 5.43 Å². The second-order valence-corrected chi connectivity index (χ2v) is 4.13. The molecule has 0 spiro atoms. The van der Waals surface area contributed by atoms with Crippen LogP contribution in [0.5, 0.6) is 11.5 Å². The first kappa shape index (κ1) is 14.4. The lowest BCUT2D eigenvalue weighted by molar-refractivity contribution is -0.270. The van der Waals surface area contributed by atoms with E-state index in [2.05, 4.69) is 10.5 Å². The third-order valence-corrected chi connectivity index (χ3v) is 2.74. The molecular formula is C15H13N2O4-. The Morgan fingerprint density at radius 2 is 2.10 bits per heavy atom. The second kappa shape index (κ2) is 6.42. The summed E-state index contributed by atoms with van der Waals surface area (Å²) in [6.07, 6.45) is 1.36. The Morgan fingerprint density at radius 3 is 2.81 bits per heavy atom. The predicted molar refractivity (Wildman–Crippen MR) is 77.1 cm³/mol. The van der Waals surface area contributed by atoms with Crippen LogP contribution in [0.2, 0.25) is 0 Å². The lowest BCUT2D eigenvalue weighted by Crippen LogP contribution is -2.01. The molecule has 2 N–H and O–H groups in total. The van der Waals surface area contributed by atoms with Gasteiger partial charge in [0.2, 0.25) is 0 Å². The van der Waals surface area contributed by atoms with Gasteiger partial charge in [-0.2, -0.15) is 5.10 Å². The summed E-state index contributed by atoms with van der Waals surface area (Å²) in [4.78, 5) is 10.8. The fourth-order valence-corrected chi connectivity index (χ4v) is 1.69. The number of hydrazone groups is 1. The van der Waals surface area contributed by atoms with Gasteiger partial charge < -0.3 is 14.9 Å². The first-order valence-corrected chi connectivity index (χ1v) is 6.08. The molecule has 2 rings (SSSR count). The van der Waals surface area contributed by atoms with Crippen LogP contribution in [0.15, 0.2) is 47.6 Å². The van der Waals surface area contributed by atoms with Crippen LogP contribution in [0.3, 0.4) is 0 Å². The van der Waals surface area contributed by atoms with Crippen LogP contribution in [0, 0.1) is 0 Å². The summed E-state index contributed by atoms with van der Waals surface area (Å²) in [5, 5.41) is 24.7. The number of nitrogens with zero attached hydrogens (tertiary/aromatic N) is 1. The predicted octanol–water partition coefficient (Wildman–Crippen LogP) is 1.91. The van der Waals surface area contributed by atoms with Crippen molar-refractivity contribution < 1.29 is 19.7 Å². The van der Waals surface area contributed by atoms with Gasteiger partial charge in [-0.25, -0.2) is 4.79 Å². The number of carboxylic acid groups (broad SMARTS) is 1. The molecule has 0 aromatic heterocycles. The Hall–Kier alpha value is -3.02. The maximum Gasteiger partial charge on any atom is 0.335 e. The molecule has 2 aromatic rings. The van der Waals surface area contributed by atoms with Crippen molar-refractivity contribution in [2.24, 2.45) is 5.10 Å². The molecule has 0 saturated heterocycles. The largest absolute Gasteiger partial charge is 0.870 e. The van der Waals surface area contributed by atoms with Gasteiger partial charge in [0, 0.05) is 0 Å². The number of methoxy groups -OCH3 is 1. The molecule has 0 aliphatic rings. The highest BCUT2D eigenvalue weighted by Gasteiger charge is 2.02. The molecule has 0 aliphatic carbocycles. The number of aromatic carboxylic acids is 1. The van der Waals surface area contributed by atoms with E-state index < -0.39 is 5.97 Å². The maximum atomic E-state index is 11.9. The Morgan fingerprint density at radius 1 is 1.33 bits per heavy atom. The quantitative estimate of drug-likeness (QED) is 0.646. The number of para-hydroxylation sites is 1. The van der Waals surface area contributed by atoms with E-state index >= 15 is 0 Å². The molecule has 0 aliphatic heterocycles. The molecule has 0 saturated carbocycles. The third kappa shape index (κ3) is 3.50. The minimum absolute atomic E-state index is 0.154. The third-order valence-electron chi connectivity index (χ3n) is 2.74. The molecule has 0 amide bonds. The number of rotatable bonds is 5. The van der Waals surface area contributed by atoms with Crippen LogP contribution in [0.1, 0.15) is 15.9 Å². The molecule has 6 heteroatoms. The SMILES string of the molecule is COc1cccc(/C=N/Nc2cccc(C(=O)O)c2)c1[O-]. The Labute approximate surface area is 121 Å². The van der Waals surface area contributed by atoms with Crippen molar-refractivity contribution in [2.75, 3.05) is 12.5 Å². The highest BCUT2D eigenvalue weighted by Crippen LogP contribution is 2.25. The van der Waals surface area contributed by atoms with Gasteiger partial charge in [0.1, 0.15) is 5.75 Å². The average molecular weight is 285 g/mol. The maximum absolute atomic E-state index is 11.9. The van der Waals surface area contributed by atoms with E-state index in [0.717, 1.165) is 0 Å². The number of hydrogen-bond acceptors (Lipinski definition) is 5. The van der Waals surface area contributed by atoms with Crippen molar-refractivity contribution in [2.45, 2.75) is 0 Å². The number of nitrogens with one attached hydrogen (secondary N) is 1. The van der Waals surface area contributed by atoms with E-state index in [9.17, 15) is 9.90 Å². The lowest BCUT2D eigenvalue weighted by atomic mass is 10.2. The van der Waals surface area contributed by atoms with Crippen molar-refractivity contribution in [3.05, 3.63) is 53.6 Å². The van der Waals surface area contributed by atoms with Crippen LogP contribution in [-0.4, -0.2) is 24.4 Å². The number of carbonyl (C=O) groups is 1. The first-order chi connectivity index (χ1) is 10.1. The first-order valence-electron chi connectivity index (χ1n) is 6.08. The number of hydrogen-bond donors (Lipinski definition) is 2. The van der Waals surface area contributed by atoms with E-state index in [1.54, 1.807) is 30.3 Å². The van der Waals surface area contributed by atoms with Crippen molar-refractivity contribution in [3.8, 4) is 11.5 Å². The molecular weight excluding hydrogens is 272 g/mol. The summed E-state index contributed by atoms with van der Waals surface area (Å²) < 4.78 is 4.93. The van der Waals surface area contributed by atoms with E-state index in [0.29, 0.717) is 11.3 Å². The molecule has 6 nitrogen and oxygen atoms in total. The Balaban J connectivity index is 2.13. The monoisotopic (exact) mass is 285 g/mol. The zero-order valence-electron chi connectivity index (χ0n) is 11.2. The minimum atomic E-state index is -1.02. The van der Waals surface area contributed by atoms with Crippen LogP contribution in [0.25, 0.3) is 0 Å². The van der Waals surface area contributed by atoms with E-state index in [4.69, 9.17) is 9.84 Å². The van der Waals surface area contributed by atoms with E-state index in [-0.39, 0.29) is 17.1 Å². The summed E-state index contributed by atoms with van der Waals surface area (Å²) in [7, 11) is 1.42. The highest BCUT2D eigenvalue weighted by atomic mass is 16.5. The van der Waals surface area contributed by atoms with Crippen LogP contribution >= 0.6 is 0 Å². The fraction of sp³-hybridized carbons (Fsp3) is 0.0667. The van der Waals surface area contributed by atoms with Gasteiger partial charge in [-0.05, 0) is 29.8 Å². The number of benzene rings is 2. The number of anilines is 1. The average Bonchev–Trinajstić information content (AvgIpc) is 2.49. The zero-order valence-corrected chi connectivity index (χ0v) is 11.2. The van der Waals surface area contributed by atoms with Crippen LogP contribution in [0.4, 0.5) is 5.69 Å². The Kier molecular flexibility index (Phi) is 4.40. The molecule has 21 heavy (non-hydrogen) atoms. The molecule has 0 radical (unpaired) electrons. The molecule has 0 heterocycles. The molecule has 0 fully saturated rings. The molecule has 108 valence electrons. The fourth-order valence-electron chi connectivity index (χ4n) is 1.69. The molecule has 2 aromatic carbocycles. The number of ether oxygens (including phenoxy) is 1. The van der Waals surface area contributed by atoms with Crippen LogP contribution in [-0.2, 0) is 0 Å². The van der Waals surface area contributed by atoms with Crippen molar-refractivity contribution in [1.82, 2.24) is 0 Å². The molecule has 0 unspecified atom stereocenters. The Bertz CT molecular complexity index is 683. The van der Waals surface area contributed by atoms with Crippen molar-refractivity contribution in [1.29, 1.82) is 0 Å². The van der Waals surface area contributed by atoms with E-state index in [1.165, 1.54) is 25.5 Å². The summed E-state index contributed by atoms with van der Waals surface area (Å²) in [6, 6.07) is 11.1. The topological polar surface area (TPSA) is 94.0 Å². The van der Waals surface area contributed by atoms with Gasteiger partial charge in [0.15, 0.2) is 0 Å². The van der Waals surface area contributed by atoms with Crippen LogP contribution < -0.4 is 15.3 Å². The van der Waals surface area contributed by atoms with Gasteiger partial charge in [-0.15, -0.1) is 0 Å². The van der Waals surface area contributed by atoms with Gasteiger partial charge in [0.25, 0.3) is 0 Å². The highest BCUT2D eigenvalue weighted by molar-refractivity contribution is 5.89. The summed E-state index contributed by atoms with van der Waals surface area (Å²) >= 11 is 0. The van der Waals surface area contributed by atoms with Crippen molar-refractivity contribution >= 4 is 17.9 Å². The summed E-state index contributed by atoms with van der Waals surface area (Å²) in [5.41, 5.74) is 3.72. The second-order valence-electron chi connectivity index (χ2n) is 4.13. The zero-order chi connectivity index (χ0) is 15.2. The number of carboxylic acids is 1. The van der Waals surface area contributed by atoms with Crippen molar-refractivity contribution in [3.63, 3.8) is 0 Å². The smallest absolute Gasteiger partial charge is 0.335 e. The van der Waals surface area contributed by atoms with E-state index in [1.807, 2.05) is 0 Å². The summed E-state index contributed by atoms with van der Waals surface area (Å²) in [5.74, 6) is -1.03. The summed E-state index contributed by atoms with van der Waals surface area (Å²) in [6.45, 7) is 0.